The number of carbonyl (C=O) groups excluding carboxylic acids is 1. The van der Waals surface area contributed by atoms with Crippen molar-refractivity contribution in [2.45, 2.75) is 51.6 Å². The van der Waals surface area contributed by atoms with Crippen molar-refractivity contribution in [3.63, 3.8) is 0 Å². The maximum atomic E-state index is 12.7. The first-order valence-electron chi connectivity index (χ1n) is 10.8. The number of fused-ring (bicyclic) bond motifs is 1. The minimum atomic E-state index is -1.80. The van der Waals surface area contributed by atoms with Crippen LogP contribution in [-0.2, 0) is 11.2 Å². The highest BCUT2D eigenvalue weighted by Crippen LogP contribution is 2.29. The number of aliphatic hydroxyl groups is 5. The molecule has 0 unspecified atom stereocenters. The summed E-state index contributed by atoms with van der Waals surface area (Å²) in [6.07, 6.45) is -7.15. The molecule has 0 fully saturated rings. The van der Waals surface area contributed by atoms with Gasteiger partial charge in [-0.3, -0.25) is 4.79 Å². The van der Waals surface area contributed by atoms with Crippen molar-refractivity contribution in [1.29, 1.82) is 0 Å². The number of rotatable bonds is 11. The van der Waals surface area contributed by atoms with E-state index < -0.39 is 42.6 Å². The number of likely N-dealkylation sites (N-methyl/N-ethyl adjacent to an activating group) is 1. The van der Waals surface area contributed by atoms with Crippen molar-refractivity contribution in [2.75, 3.05) is 26.8 Å². The minimum Gasteiger partial charge on any atom is -0.489 e. The topological polar surface area (TPSA) is 161 Å². The van der Waals surface area contributed by atoms with Crippen LogP contribution in [0.1, 0.15) is 23.6 Å². The van der Waals surface area contributed by atoms with Crippen molar-refractivity contribution >= 4 is 16.9 Å². The van der Waals surface area contributed by atoms with E-state index in [9.17, 15) is 30.0 Å². The molecule has 2 aromatic rings. The van der Waals surface area contributed by atoms with Crippen LogP contribution in [0.25, 0.3) is 11.0 Å². The van der Waals surface area contributed by atoms with Crippen molar-refractivity contribution in [2.24, 2.45) is 0 Å². The monoisotopic (exact) mass is 479 g/mol. The third kappa shape index (κ3) is 6.22. The molecule has 34 heavy (non-hydrogen) atoms. The summed E-state index contributed by atoms with van der Waals surface area (Å²) in [4.78, 5) is 26.5. The van der Waals surface area contributed by atoms with E-state index in [0.717, 1.165) is 10.5 Å². The van der Waals surface area contributed by atoms with Crippen LogP contribution in [0.3, 0.4) is 0 Å². The number of hydrogen-bond donors (Lipinski definition) is 5. The standard InChI is InChI=1S/C24H33NO9/c1-12(2)11-33-19-7-6-15-13(3)16(24(32)34-23(15)14(19)4)8-20(29)25(5)9-17(27)21(30)22(31)18(28)10-26/h6-7,17-18,21-22,26-28,30-31H,1,8-11H2,2-5H3/t17-,18-,21-,22-/m0/s1. The van der Waals surface area contributed by atoms with Crippen LogP contribution in [0.5, 0.6) is 5.75 Å². The Labute approximate surface area is 197 Å². The number of aliphatic hydroxyl groups excluding tert-OH is 5. The number of benzene rings is 1. The van der Waals surface area contributed by atoms with Gasteiger partial charge in [0.25, 0.3) is 0 Å². The molecule has 0 aliphatic carbocycles. The van der Waals surface area contributed by atoms with Gasteiger partial charge in [-0.2, -0.15) is 0 Å². The zero-order valence-electron chi connectivity index (χ0n) is 19.8. The molecule has 10 heteroatoms. The fourth-order valence-corrected chi connectivity index (χ4v) is 3.47. The van der Waals surface area contributed by atoms with Crippen molar-refractivity contribution in [1.82, 2.24) is 4.90 Å². The minimum absolute atomic E-state index is 0.158. The van der Waals surface area contributed by atoms with Gasteiger partial charge in [0.15, 0.2) is 0 Å². The van der Waals surface area contributed by atoms with Crippen LogP contribution < -0.4 is 10.4 Å². The van der Waals surface area contributed by atoms with E-state index in [4.69, 9.17) is 14.3 Å². The highest BCUT2D eigenvalue weighted by atomic mass is 16.5. The van der Waals surface area contributed by atoms with E-state index in [1.54, 1.807) is 26.0 Å². The molecule has 0 aliphatic heterocycles. The molecule has 0 radical (unpaired) electrons. The molecule has 1 heterocycles. The van der Waals surface area contributed by atoms with Crippen molar-refractivity contribution in [3.05, 3.63) is 51.4 Å². The largest absolute Gasteiger partial charge is 0.489 e. The van der Waals surface area contributed by atoms with E-state index in [1.807, 2.05) is 6.92 Å². The van der Waals surface area contributed by atoms with E-state index in [-0.39, 0.29) is 18.5 Å². The summed E-state index contributed by atoms with van der Waals surface area (Å²) in [5.74, 6) is 0.0268. The zero-order chi connectivity index (χ0) is 25.7. The SMILES string of the molecule is C=C(C)COc1ccc2c(C)c(CC(=O)N(C)C[C@H](O)[C@H](O)[C@@H](O)[C@@H](O)CO)c(=O)oc2c1C. The average Bonchev–Trinajstić information content (AvgIpc) is 2.79. The first kappa shape index (κ1) is 27.5. The fraction of sp³-hybridized carbons (Fsp3) is 0.500. The molecule has 1 amide bonds. The molecule has 4 atom stereocenters. The van der Waals surface area contributed by atoms with Crippen LogP contribution >= 0.6 is 0 Å². The predicted octanol–water partition coefficient (Wildman–Crippen LogP) is -0.198. The third-order valence-corrected chi connectivity index (χ3v) is 5.67. The average molecular weight is 480 g/mol. The van der Waals surface area contributed by atoms with Gasteiger partial charge in [-0.1, -0.05) is 6.58 Å². The number of aryl methyl sites for hydroxylation is 2. The maximum absolute atomic E-state index is 12.7. The Bertz CT molecular complexity index is 1090. The van der Waals surface area contributed by atoms with Gasteiger partial charge in [0.1, 0.15) is 42.4 Å². The predicted molar refractivity (Wildman–Crippen MR) is 125 cm³/mol. The van der Waals surface area contributed by atoms with Crippen LogP contribution in [0, 0.1) is 13.8 Å². The summed E-state index contributed by atoms with van der Waals surface area (Å²) in [5, 5.41) is 48.7. The Kier molecular flexibility index (Phi) is 9.37. The molecule has 0 aliphatic rings. The summed E-state index contributed by atoms with van der Waals surface area (Å²) in [5.41, 5.74) is 1.91. The highest BCUT2D eigenvalue weighted by molar-refractivity contribution is 5.87. The number of amides is 1. The number of ether oxygens (including phenoxy) is 1. The van der Waals surface area contributed by atoms with Crippen molar-refractivity contribution in [3.8, 4) is 5.75 Å². The van der Waals surface area contributed by atoms with Crippen LogP contribution in [0.15, 0.2) is 33.5 Å². The number of carbonyl (C=O) groups is 1. The smallest absolute Gasteiger partial charge is 0.340 e. The molecule has 1 aromatic carbocycles. The lowest BCUT2D eigenvalue weighted by Gasteiger charge is -2.28. The molecule has 10 nitrogen and oxygen atoms in total. The summed E-state index contributed by atoms with van der Waals surface area (Å²) in [6.45, 7) is 8.24. The molecule has 5 N–H and O–H groups in total. The first-order chi connectivity index (χ1) is 15.9. The lowest BCUT2D eigenvalue weighted by Crippen LogP contribution is -2.50. The molecule has 0 bridgehead atoms. The Morgan fingerprint density at radius 2 is 1.74 bits per heavy atom. The summed E-state index contributed by atoms with van der Waals surface area (Å²) in [7, 11) is 1.36. The second kappa shape index (κ2) is 11.6. The van der Waals surface area contributed by atoms with E-state index in [0.29, 0.717) is 34.5 Å². The molecule has 0 saturated carbocycles. The van der Waals surface area contributed by atoms with Gasteiger partial charge in [0, 0.05) is 24.5 Å². The molecular weight excluding hydrogens is 446 g/mol. The second-order valence-corrected chi connectivity index (χ2v) is 8.55. The van der Waals surface area contributed by atoms with Gasteiger partial charge >= 0.3 is 5.63 Å². The molecule has 188 valence electrons. The summed E-state index contributed by atoms with van der Waals surface area (Å²) in [6, 6.07) is 3.51. The van der Waals surface area contributed by atoms with Gasteiger partial charge < -0.3 is 39.6 Å². The van der Waals surface area contributed by atoms with Gasteiger partial charge in [-0.15, -0.1) is 0 Å². The van der Waals surface area contributed by atoms with Gasteiger partial charge in [0.2, 0.25) is 5.91 Å². The second-order valence-electron chi connectivity index (χ2n) is 8.55. The summed E-state index contributed by atoms with van der Waals surface area (Å²) >= 11 is 0. The van der Waals surface area contributed by atoms with Crippen LogP contribution in [0.4, 0.5) is 0 Å². The molecule has 2 rings (SSSR count). The van der Waals surface area contributed by atoms with Crippen LogP contribution in [-0.4, -0.2) is 87.6 Å². The molecule has 0 spiro atoms. The Hall–Kier alpha value is -2.76. The third-order valence-electron chi connectivity index (χ3n) is 5.67. The lowest BCUT2D eigenvalue weighted by atomic mass is 10.0. The maximum Gasteiger partial charge on any atom is 0.340 e. The Morgan fingerprint density at radius 1 is 1.12 bits per heavy atom. The van der Waals surface area contributed by atoms with Crippen molar-refractivity contribution < 1.29 is 39.5 Å². The van der Waals surface area contributed by atoms with Gasteiger partial charge in [-0.25, -0.2) is 4.79 Å². The zero-order valence-corrected chi connectivity index (χ0v) is 19.8. The van der Waals surface area contributed by atoms with E-state index in [1.165, 1.54) is 7.05 Å². The lowest BCUT2D eigenvalue weighted by molar-refractivity contribution is -0.137. The molecular formula is C24H33NO9. The quantitative estimate of drug-likeness (QED) is 0.217. The Morgan fingerprint density at radius 3 is 2.32 bits per heavy atom. The highest BCUT2D eigenvalue weighted by Gasteiger charge is 2.31. The molecule has 1 aromatic heterocycles. The normalized spacial score (nSPS) is 15.0. The van der Waals surface area contributed by atoms with E-state index >= 15 is 0 Å². The van der Waals surface area contributed by atoms with E-state index in [2.05, 4.69) is 6.58 Å². The number of hydrogen-bond acceptors (Lipinski definition) is 9. The van der Waals surface area contributed by atoms with Gasteiger partial charge in [0.05, 0.1) is 18.6 Å². The fourth-order valence-electron chi connectivity index (χ4n) is 3.47. The Balaban J connectivity index is 2.21. The molecule has 0 saturated heterocycles. The first-order valence-corrected chi connectivity index (χ1v) is 10.8. The van der Waals surface area contributed by atoms with Gasteiger partial charge in [-0.05, 0) is 44.0 Å². The number of nitrogens with zero attached hydrogens (tertiary/aromatic N) is 1. The van der Waals surface area contributed by atoms with Crippen LogP contribution in [0.2, 0.25) is 0 Å². The summed E-state index contributed by atoms with van der Waals surface area (Å²) < 4.78 is 11.2.